The van der Waals surface area contributed by atoms with Gasteiger partial charge in [-0.05, 0) is 31.5 Å². The van der Waals surface area contributed by atoms with Crippen molar-refractivity contribution in [3.05, 3.63) is 29.8 Å². The van der Waals surface area contributed by atoms with Gasteiger partial charge in [-0.15, -0.1) is 0 Å². The average molecular weight is 238 g/mol. The van der Waals surface area contributed by atoms with E-state index in [1.165, 1.54) is 0 Å². The van der Waals surface area contributed by atoms with Crippen molar-refractivity contribution in [2.24, 2.45) is 0 Å². The lowest BCUT2D eigenvalue weighted by molar-refractivity contribution is -0.146. The summed E-state index contributed by atoms with van der Waals surface area (Å²) in [4.78, 5) is 11.4. The van der Waals surface area contributed by atoms with Crippen molar-refractivity contribution in [1.82, 2.24) is 0 Å². The molecule has 0 aliphatic rings. The average Bonchev–Trinajstić information content (AvgIpc) is 2.30. The predicted octanol–water partition coefficient (Wildman–Crippen LogP) is 2.42. The summed E-state index contributed by atoms with van der Waals surface area (Å²) in [6.45, 7) is 4.53. The van der Waals surface area contributed by atoms with Gasteiger partial charge in [-0.3, -0.25) is 4.79 Å². The molecule has 17 heavy (non-hydrogen) atoms. The molecule has 0 aliphatic carbocycles. The standard InChI is InChI=1S/C13H18O4/c1-3-16-12(9-13(15)17-4-2)10-5-7-11(14)8-6-10/h5-8,12,14H,3-4,9H2,1-2H3/t12-/m1/s1. The van der Waals surface area contributed by atoms with E-state index < -0.39 is 0 Å². The monoisotopic (exact) mass is 238 g/mol. The van der Waals surface area contributed by atoms with Crippen molar-refractivity contribution >= 4 is 5.97 Å². The molecule has 0 saturated heterocycles. The lowest BCUT2D eigenvalue weighted by atomic mass is 10.1. The minimum absolute atomic E-state index is 0.187. The van der Waals surface area contributed by atoms with E-state index >= 15 is 0 Å². The lowest BCUT2D eigenvalue weighted by Gasteiger charge is -2.16. The smallest absolute Gasteiger partial charge is 0.308 e. The molecule has 0 spiro atoms. The molecular weight excluding hydrogens is 220 g/mol. The summed E-state index contributed by atoms with van der Waals surface area (Å²) in [5.74, 6) is -0.0841. The molecule has 0 radical (unpaired) electrons. The van der Waals surface area contributed by atoms with Crippen molar-refractivity contribution < 1.29 is 19.4 Å². The Kier molecular flexibility index (Phi) is 5.49. The van der Waals surface area contributed by atoms with E-state index in [2.05, 4.69) is 0 Å². The van der Waals surface area contributed by atoms with Crippen LogP contribution in [-0.4, -0.2) is 24.3 Å². The Morgan fingerprint density at radius 2 is 1.88 bits per heavy atom. The summed E-state index contributed by atoms with van der Waals surface area (Å²) in [7, 11) is 0. The van der Waals surface area contributed by atoms with Crippen LogP contribution in [0.15, 0.2) is 24.3 Å². The number of hydrogen-bond acceptors (Lipinski definition) is 4. The highest BCUT2D eigenvalue weighted by molar-refractivity contribution is 5.70. The molecule has 0 amide bonds. The van der Waals surface area contributed by atoms with Crippen molar-refractivity contribution in [3.8, 4) is 5.75 Å². The normalized spacial score (nSPS) is 12.1. The van der Waals surface area contributed by atoms with Gasteiger partial charge in [0.05, 0.1) is 19.1 Å². The number of aromatic hydroxyl groups is 1. The van der Waals surface area contributed by atoms with Gasteiger partial charge in [-0.2, -0.15) is 0 Å². The molecule has 0 saturated carbocycles. The second-order valence-corrected chi connectivity index (χ2v) is 3.54. The summed E-state index contributed by atoms with van der Waals surface area (Å²) in [5, 5.41) is 9.20. The second kappa shape index (κ2) is 6.91. The SMILES string of the molecule is CCOC(=O)C[C@@H](OCC)c1ccc(O)cc1. The number of rotatable bonds is 6. The van der Waals surface area contributed by atoms with E-state index in [0.29, 0.717) is 13.2 Å². The summed E-state index contributed by atoms with van der Waals surface area (Å²) >= 11 is 0. The van der Waals surface area contributed by atoms with Gasteiger partial charge in [0, 0.05) is 6.61 Å². The minimum atomic E-state index is -0.320. The number of esters is 1. The van der Waals surface area contributed by atoms with Crippen molar-refractivity contribution in [3.63, 3.8) is 0 Å². The molecule has 0 aromatic heterocycles. The molecule has 0 unspecified atom stereocenters. The van der Waals surface area contributed by atoms with Crippen LogP contribution in [0.3, 0.4) is 0 Å². The largest absolute Gasteiger partial charge is 0.508 e. The van der Waals surface area contributed by atoms with Crippen LogP contribution in [0.4, 0.5) is 0 Å². The summed E-state index contributed by atoms with van der Waals surface area (Å²) in [6, 6.07) is 6.64. The van der Waals surface area contributed by atoms with Crippen LogP contribution in [0.5, 0.6) is 5.75 Å². The number of benzene rings is 1. The molecule has 94 valence electrons. The molecule has 4 heteroatoms. The van der Waals surface area contributed by atoms with Crippen LogP contribution in [0, 0.1) is 0 Å². The summed E-state index contributed by atoms with van der Waals surface area (Å²) < 4.78 is 10.4. The van der Waals surface area contributed by atoms with Crippen molar-refractivity contribution in [2.45, 2.75) is 26.4 Å². The number of ether oxygens (including phenoxy) is 2. The Hall–Kier alpha value is -1.55. The van der Waals surface area contributed by atoms with Gasteiger partial charge in [-0.25, -0.2) is 0 Å². The Labute approximate surface area is 101 Å². The third kappa shape index (κ3) is 4.44. The first-order valence-corrected chi connectivity index (χ1v) is 5.73. The first-order valence-electron chi connectivity index (χ1n) is 5.73. The maximum Gasteiger partial charge on any atom is 0.308 e. The van der Waals surface area contributed by atoms with Crippen LogP contribution in [0.25, 0.3) is 0 Å². The van der Waals surface area contributed by atoms with Crippen molar-refractivity contribution in [2.75, 3.05) is 13.2 Å². The Morgan fingerprint density at radius 1 is 1.24 bits per heavy atom. The van der Waals surface area contributed by atoms with E-state index in [1.54, 1.807) is 31.2 Å². The maximum absolute atomic E-state index is 11.4. The van der Waals surface area contributed by atoms with Gasteiger partial charge in [0.25, 0.3) is 0 Å². The quantitative estimate of drug-likeness (QED) is 0.773. The predicted molar refractivity (Wildman–Crippen MR) is 63.7 cm³/mol. The molecule has 0 fully saturated rings. The van der Waals surface area contributed by atoms with E-state index in [1.807, 2.05) is 6.92 Å². The molecule has 1 aromatic rings. The van der Waals surface area contributed by atoms with Crippen LogP contribution in [-0.2, 0) is 14.3 Å². The van der Waals surface area contributed by atoms with E-state index in [-0.39, 0.29) is 24.2 Å². The zero-order valence-corrected chi connectivity index (χ0v) is 10.2. The molecule has 1 N–H and O–H groups in total. The fraction of sp³-hybridized carbons (Fsp3) is 0.462. The zero-order valence-electron chi connectivity index (χ0n) is 10.2. The summed E-state index contributed by atoms with van der Waals surface area (Å²) in [5.41, 5.74) is 0.859. The number of hydrogen-bond donors (Lipinski definition) is 1. The molecule has 0 bridgehead atoms. The third-order valence-electron chi connectivity index (χ3n) is 2.29. The first kappa shape index (κ1) is 13.5. The van der Waals surface area contributed by atoms with Crippen LogP contribution in [0.1, 0.15) is 31.9 Å². The van der Waals surface area contributed by atoms with Crippen molar-refractivity contribution in [1.29, 1.82) is 0 Å². The topological polar surface area (TPSA) is 55.8 Å². The third-order valence-corrected chi connectivity index (χ3v) is 2.29. The molecule has 0 heterocycles. The molecule has 4 nitrogen and oxygen atoms in total. The van der Waals surface area contributed by atoms with Crippen LogP contribution >= 0.6 is 0 Å². The minimum Gasteiger partial charge on any atom is -0.508 e. The number of phenols is 1. The van der Waals surface area contributed by atoms with Crippen LogP contribution in [0.2, 0.25) is 0 Å². The first-order chi connectivity index (χ1) is 8.17. The highest BCUT2D eigenvalue weighted by atomic mass is 16.5. The van der Waals surface area contributed by atoms with Gasteiger partial charge in [-0.1, -0.05) is 12.1 Å². The van der Waals surface area contributed by atoms with Gasteiger partial charge in [0.1, 0.15) is 5.75 Å². The maximum atomic E-state index is 11.4. The molecule has 1 rings (SSSR count). The van der Waals surface area contributed by atoms with Gasteiger partial charge in [0.15, 0.2) is 0 Å². The lowest BCUT2D eigenvalue weighted by Crippen LogP contribution is -2.13. The van der Waals surface area contributed by atoms with Gasteiger partial charge >= 0.3 is 5.97 Å². The fourth-order valence-corrected chi connectivity index (χ4v) is 1.53. The van der Waals surface area contributed by atoms with E-state index in [4.69, 9.17) is 9.47 Å². The second-order valence-electron chi connectivity index (χ2n) is 3.54. The highest BCUT2D eigenvalue weighted by Crippen LogP contribution is 2.23. The Morgan fingerprint density at radius 3 is 2.41 bits per heavy atom. The molecule has 1 atom stereocenters. The molecule has 1 aromatic carbocycles. The molecular formula is C13H18O4. The van der Waals surface area contributed by atoms with Gasteiger partial charge < -0.3 is 14.6 Å². The van der Waals surface area contributed by atoms with E-state index in [0.717, 1.165) is 5.56 Å². The Balaban J connectivity index is 2.71. The molecule has 0 aliphatic heterocycles. The number of carbonyl (C=O) groups excluding carboxylic acids is 1. The highest BCUT2D eigenvalue weighted by Gasteiger charge is 2.16. The number of phenolic OH excluding ortho intramolecular Hbond substituents is 1. The van der Waals surface area contributed by atoms with E-state index in [9.17, 15) is 9.90 Å². The fourth-order valence-electron chi connectivity index (χ4n) is 1.53. The summed E-state index contributed by atoms with van der Waals surface area (Å²) in [6.07, 6.45) is -0.133. The number of carbonyl (C=O) groups is 1. The Bertz CT molecular complexity index is 345. The van der Waals surface area contributed by atoms with Crippen LogP contribution < -0.4 is 0 Å². The zero-order chi connectivity index (χ0) is 12.7. The van der Waals surface area contributed by atoms with Gasteiger partial charge in [0.2, 0.25) is 0 Å².